The fourth-order valence-electron chi connectivity index (χ4n) is 0.682. The lowest BCUT2D eigenvalue weighted by Crippen LogP contribution is -2.51. The molecule has 1 unspecified atom stereocenters. The van der Waals surface area contributed by atoms with Crippen LogP contribution in [0.5, 0.6) is 0 Å². The number of amides is 3. The summed E-state index contributed by atoms with van der Waals surface area (Å²) < 4.78 is 8.53. The van der Waals surface area contributed by atoms with Gasteiger partial charge >= 0.3 is 12.2 Å². The monoisotopic (exact) mass is 219 g/mol. The van der Waals surface area contributed by atoms with Crippen LogP contribution in [-0.2, 0) is 14.3 Å². The number of rotatable bonds is 4. The number of nitrogens with one attached hydrogen (secondary N) is 2. The largest absolute Gasteiger partial charge is 0.453 e. The first-order valence-electron chi connectivity index (χ1n) is 3.96. The molecule has 8 heteroatoms. The van der Waals surface area contributed by atoms with Crippen molar-refractivity contribution >= 4 is 18.1 Å². The molecular formula is C7H13N3O5. The maximum Gasteiger partial charge on any atom is 0.407 e. The third-order valence-corrected chi connectivity index (χ3v) is 1.46. The molecule has 0 aliphatic rings. The van der Waals surface area contributed by atoms with Crippen LogP contribution in [0.1, 0.15) is 0 Å². The summed E-state index contributed by atoms with van der Waals surface area (Å²) in [5.41, 5.74) is 4.97. The van der Waals surface area contributed by atoms with Crippen LogP contribution in [0, 0.1) is 0 Å². The topological polar surface area (TPSA) is 120 Å². The Labute approximate surface area is 86.1 Å². The molecule has 0 rings (SSSR count). The molecule has 0 aromatic heterocycles. The number of hydrogen-bond acceptors (Lipinski definition) is 5. The molecular weight excluding hydrogens is 206 g/mol. The molecule has 4 N–H and O–H groups in total. The van der Waals surface area contributed by atoms with Crippen LogP contribution in [0.4, 0.5) is 9.59 Å². The van der Waals surface area contributed by atoms with Crippen molar-refractivity contribution < 1.29 is 23.9 Å². The maximum absolute atomic E-state index is 10.8. The number of carbonyl (C=O) groups excluding carboxylic acids is 3. The maximum atomic E-state index is 10.8. The van der Waals surface area contributed by atoms with Crippen molar-refractivity contribution in [2.45, 2.75) is 6.04 Å². The van der Waals surface area contributed by atoms with Gasteiger partial charge in [-0.25, -0.2) is 9.59 Å². The zero-order valence-electron chi connectivity index (χ0n) is 8.40. The molecule has 0 spiro atoms. The molecule has 0 saturated heterocycles. The molecule has 8 nitrogen and oxygen atoms in total. The first-order valence-corrected chi connectivity index (χ1v) is 3.96. The summed E-state index contributed by atoms with van der Waals surface area (Å²) in [7, 11) is 2.31. The van der Waals surface area contributed by atoms with Crippen molar-refractivity contribution in [3.05, 3.63) is 0 Å². The van der Waals surface area contributed by atoms with E-state index in [1.165, 1.54) is 7.11 Å². The van der Waals surface area contributed by atoms with Crippen LogP contribution in [0.25, 0.3) is 0 Å². The Morgan fingerprint density at radius 3 is 2.13 bits per heavy atom. The fourth-order valence-corrected chi connectivity index (χ4v) is 0.682. The lowest BCUT2D eigenvalue weighted by molar-refractivity contribution is -0.119. The molecule has 0 bridgehead atoms. The second-order valence-electron chi connectivity index (χ2n) is 2.46. The Balaban J connectivity index is 4.11. The van der Waals surface area contributed by atoms with E-state index in [1.807, 2.05) is 0 Å². The summed E-state index contributed by atoms with van der Waals surface area (Å²) in [5.74, 6) is -0.795. The zero-order chi connectivity index (χ0) is 11.8. The number of carbonyl (C=O) groups is 3. The molecule has 86 valence electrons. The number of ether oxygens (including phenoxy) is 2. The predicted molar refractivity (Wildman–Crippen MR) is 48.9 cm³/mol. The van der Waals surface area contributed by atoms with E-state index in [-0.39, 0.29) is 6.54 Å². The van der Waals surface area contributed by atoms with Crippen LogP contribution in [0.3, 0.4) is 0 Å². The second-order valence-corrected chi connectivity index (χ2v) is 2.46. The van der Waals surface area contributed by atoms with Gasteiger partial charge in [0.05, 0.1) is 20.8 Å². The lowest BCUT2D eigenvalue weighted by Gasteiger charge is -2.14. The molecule has 0 aliphatic carbocycles. The van der Waals surface area contributed by atoms with Gasteiger partial charge in [-0.2, -0.15) is 0 Å². The smallest absolute Gasteiger partial charge is 0.407 e. The molecule has 0 aliphatic heterocycles. The first-order chi connectivity index (χ1) is 7.01. The van der Waals surface area contributed by atoms with Gasteiger partial charge in [0, 0.05) is 0 Å². The Bertz CT molecular complexity index is 255. The van der Waals surface area contributed by atoms with Gasteiger partial charge in [-0.05, 0) is 0 Å². The van der Waals surface area contributed by atoms with Crippen LogP contribution < -0.4 is 16.4 Å². The van der Waals surface area contributed by atoms with E-state index < -0.39 is 24.1 Å². The van der Waals surface area contributed by atoms with E-state index >= 15 is 0 Å². The lowest BCUT2D eigenvalue weighted by atomic mass is 10.3. The van der Waals surface area contributed by atoms with Crippen molar-refractivity contribution in [2.24, 2.45) is 5.73 Å². The summed E-state index contributed by atoms with van der Waals surface area (Å²) in [5, 5.41) is 4.35. The minimum atomic E-state index is -1.04. The van der Waals surface area contributed by atoms with E-state index in [9.17, 15) is 14.4 Å². The van der Waals surface area contributed by atoms with Crippen molar-refractivity contribution in [3.8, 4) is 0 Å². The molecule has 1 atom stereocenters. The SMILES string of the molecule is COC(=O)NCC(NC(=O)OC)C(N)=O. The summed E-state index contributed by atoms with van der Waals surface area (Å²) in [4.78, 5) is 32.2. The number of nitrogens with two attached hydrogens (primary N) is 1. The van der Waals surface area contributed by atoms with Crippen LogP contribution in [0.2, 0.25) is 0 Å². The summed E-state index contributed by atoms with van der Waals surface area (Å²) in [6.45, 7) is -0.170. The van der Waals surface area contributed by atoms with Gasteiger partial charge in [-0.15, -0.1) is 0 Å². The summed E-state index contributed by atoms with van der Waals surface area (Å²) in [6.07, 6.45) is -1.54. The van der Waals surface area contributed by atoms with E-state index in [0.29, 0.717) is 0 Å². The molecule has 0 fully saturated rings. The highest BCUT2D eigenvalue weighted by Crippen LogP contribution is 1.83. The summed E-state index contributed by atoms with van der Waals surface area (Å²) >= 11 is 0. The quantitative estimate of drug-likeness (QED) is 0.534. The summed E-state index contributed by atoms with van der Waals surface area (Å²) in [6, 6.07) is -1.04. The minimum Gasteiger partial charge on any atom is -0.453 e. The average Bonchev–Trinajstić information content (AvgIpc) is 2.22. The van der Waals surface area contributed by atoms with E-state index in [4.69, 9.17) is 5.73 Å². The normalized spacial score (nSPS) is 11.1. The zero-order valence-corrected chi connectivity index (χ0v) is 8.40. The molecule has 0 aromatic rings. The van der Waals surface area contributed by atoms with E-state index in [2.05, 4.69) is 20.1 Å². The van der Waals surface area contributed by atoms with Crippen LogP contribution in [0.15, 0.2) is 0 Å². The molecule has 0 radical (unpaired) electrons. The molecule has 0 saturated carbocycles. The Morgan fingerprint density at radius 1 is 1.20 bits per heavy atom. The van der Waals surface area contributed by atoms with Gasteiger partial charge in [-0.3, -0.25) is 4.79 Å². The standard InChI is InChI=1S/C7H13N3O5/c1-14-6(12)9-3-4(5(8)11)10-7(13)15-2/h4H,3H2,1-2H3,(H2,8,11)(H,9,12)(H,10,13). The van der Waals surface area contributed by atoms with Gasteiger partial charge < -0.3 is 25.8 Å². The van der Waals surface area contributed by atoms with Crippen LogP contribution >= 0.6 is 0 Å². The highest BCUT2D eigenvalue weighted by Gasteiger charge is 2.18. The fraction of sp³-hybridized carbons (Fsp3) is 0.571. The van der Waals surface area contributed by atoms with Gasteiger partial charge in [-0.1, -0.05) is 0 Å². The Hall–Kier alpha value is -1.99. The molecule has 0 heterocycles. The molecule has 15 heavy (non-hydrogen) atoms. The molecule has 0 aromatic carbocycles. The highest BCUT2D eigenvalue weighted by atomic mass is 16.5. The second kappa shape index (κ2) is 6.46. The molecule has 3 amide bonds. The van der Waals surface area contributed by atoms with Crippen molar-refractivity contribution in [2.75, 3.05) is 20.8 Å². The Morgan fingerprint density at radius 2 is 1.73 bits per heavy atom. The van der Waals surface area contributed by atoms with E-state index in [0.717, 1.165) is 7.11 Å². The first kappa shape index (κ1) is 13.0. The van der Waals surface area contributed by atoms with Gasteiger partial charge in [0.25, 0.3) is 0 Å². The van der Waals surface area contributed by atoms with Crippen molar-refractivity contribution in [1.82, 2.24) is 10.6 Å². The minimum absolute atomic E-state index is 0.170. The number of primary amides is 1. The number of alkyl carbamates (subject to hydrolysis) is 2. The highest BCUT2D eigenvalue weighted by molar-refractivity contribution is 5.85. The Kier molecular flexibility index (Phi) is 5.60. The average molecular weight is 219 g/mol. The predicted octanol–water partition coefficient (Wildman–Crippen LogP) is -1.45. The van der Waals surface area contributed by atoms with Gasteiger partial charge in [0.15, 0.2) is 0 Å². The van der Waals surface area contributed by atoms with Crippen molar-refractivity contribution in [1.29, 1.82) is 0 Å². The van der Waals surface area contributed by atoms with Crippen LogP contribution in [-0.4, -0.2) is 44.9 Å². The van der Waals surface area contributed by atoms with Gasteiger partial charge in [0.1, 0.15) is 6.04 Å². The van der Waals surface area contributed by atoms with Crippen molar-refractivity contribution in [3.63, 3.8) is 0 Å². The number of methoxy groups -OCH3 is 2. The van der Waals surface area contributed by atoms with Gasteiger partial charge in [0.2, 0.25) is 5.91 Å². The third kappa shape index (κ3) is 5.34. The number of hydrogen-bond donors (Lipinski definition) is 3. The third-order valence-electron chi connectivity index (χ3n) is 1.46. The van der Waals surface area contributed by atoms with E-state index in [1.54, 1.807) is 0 Å².